The Morgan fingerprint density at radius 1 is 1.59 bits per heavy atom. The summed E-state index contributed by atoms with van der Waals surface area (Å²) in [6, 6.07) is 5.35. The molecule has 4 nitrogen and oxygen atoms in total. The molecular weight excluding hydrogens is 331 g/mol. The van der Waals surface area contributed by atoms with Crippen LogP contribution in [0.2, 0.25) is 0 Å². The van der Waals surface area contributed by atoms with E-state index < -0.39 is 0 Å². The lowest BCUT2D eigenvalue weighted by Gasteiger charge is -2.37. The quantitative estimate of drug-likeness (QED) is 0.815. The van der Waals surface area contributed by atoms with E-state index in [9.17, 15) is 9.90 Å². The van der Waals surface area contributed by atoms with Gasteiger partial charge in [-0.1, -0.05) is 0 Å². The molecule has 17 heavy (non-hydrogen) atoms. The van der Waals surface area contributed by atoms with Crippen LogP contribution >= 0.6 is 22.6 Å². The number of nitrogens with zero attached hydrogens (tertiary/aromatic N) is 1. The highest BCUT2D eigenvalue weighted by atomic mass is 127. The third-order valence-corrected chi connectivity index (χ3v) is 3.91. The number of phenols is 1. The summed E-state index contributed by atoms with van der Waals surface area (Å²) in [5, 5.41) is 12.8. The van der Waals surface area contributed by atoms with Crippen molar-refractivity contribution in [2.75, 3.05) is 19.6 Å². The first-order valence-electron chi connectivity index (χ1n) is 5.63. The molecule has 1 heterocycles. The molecule has 1 saturated heterocycles. The van der Waals surface area contributed by atoms with Crippen LogP contribution in [0.1, 0.15) is 17.3 Å². The number of carbonyl (C=O) groups excluding carboxylic acids is 1. The van der Waals surface area contributed by atoms with Crippen molar-refractivity contribution in [3.05, 3.63) is 27.3 Å². The maximum Gasteiger partial charge on any atom is 0.254 e. The number of aromatic hydroxyl groups is 1. The van der Waals surface area contributed by atoms with Gasteiger partial charge in [0.15, 0.2) is 0 Å². The molecule has 2 rings (SSSR count). The molecule has 0 bridgehead atoms. The molecule has 2 N–H and O–H groups in total. The minimum absolute atomic E-state index is 0.00861. The second-order valence-corrected chi connectivity index (χ2v) is 5.23. The Morgan fingerprint density at radius 3 is 2.76 bits per heavy atom. The molecule has 0 unspecified atom stereocenters. The predicted molar refractivity (Wildman–Crippen MR) is 74.2 cm³/mol. The summed E-state index contributed by atoms with van der Waals surface area (Å²) >= 11 is 2.04. The summed E-state index contributed by atoms with van der Waals surface area (Å²) in [4.78, 5) is 14.1. The third-order valence-electron chi connectivity index (χ3n) is 3.00. The van der Waals surface area contributed by atoms with Gasteiger partial charge in [0.25, 0.3) is 5.91 Å². The number of hydrogen-bond donors (Lipinski definition) is 2. The molecule has 0 spiro atoms. The first-order chi connectivity index (χ1) is 8.13. The Bertz CT molecular complexity index is 433. The van der Waals surface area contributed by atoms with Crippen molar-refractivity contribution in [1.29, 1.82) is 0 Å². The van der Waals surface area contributed by atoms with Crippen molar-refractivity contribution in [1.82, 2.24) is 10.2 Å². The normalized spacial score (nSPS) is 15.4. The molecule has 5 heteroatoms. The maximum absolute atomic E-state index is 12.3. The van der Waals surface area contributed by atoms with Crippen LogP contribution in [0.3, 0.4) is 0 Å². The monoisotopic (exact) mass is 346 g/mol. The number of halogens is 1. The van der Waals surface area contributed by atoms with Gasteiger partial charge in [0.2, 0.25) is 0 Å². The zero-order valence-corrected chi connectivity index (χ0v) is 11.8. The smallest absolute Gasteiger partial charge is 0.254 e. The van der Waals surface area contributed by atoms with Crippen molar-refractivity contribution < 1.29 is 9.90 Å². The Kier molecular flexibility index (Phi) is 3.88. The summed E-state index contributed by atoms with van der Waals surface area (Å²) in [5.74, 6) is 0.157. The molecular formula is C12H15IN2O2. The SMILES string of the molecule is CCN(C(=O)c1ccc(I)c(O)c1)C1CNC1. The average Bonchev–Trinajstić information content (AvgIpc) is 2.26. The van der Waals surface area contributed by atoms with Gasteiger partial charge in [0.05, 0.1) is 9.61 Å². The molecule has 1 aliphatic rings. The zero-order valence-electron chi connectivity index (χ0n) is 9.61. The van der Waals surface area contributed by atoms with Gasteiger partial charge in [-0.25, -0.2) is 0 Å². The van der Waals surface area contributed by atoms with Gasteiger partial charge in [0, 0.05) is 25.2 Å². The molecule has 0 atom stereocenters. The number of likely N-dealkylation sites (N-methyl/N-ethyl adjacent to an activating group) is 1. The van der Waals surface area contributed by atoms with E-state index in [1.807, 2.05) is 34.4 Å². The molecule has 92 valence electrons. The van der Waals surface area contributed by atoms with Crippen LogP contribution in [0.4, 0.5) is 0 Å². The van der Waals surface area contributed by atoms with E-state index in [0.717, 1.165) is 16.7 Å². The van der Waals surface area contributed by atoms with E-state index in [1.54, 1.807) is 18.2 Å². The van der Waals surface area contributed by atoms with Crippen LogP contribution in [-0.2, 0) is 0 Å². The minimum Gasteiger partial charge on any atom is -0.507 e. The van der Waals surface area contributed by atoms with Crippen LogP contribution in [0.15, 0.2) is 18.2 Å². The number of nitrogens with one attached hydrogen (secondary N) is 1. The van der Waals surface area contributed by atoms with E-state index >= 15 is 0 Å². The number of hydrogen-bond acceptors (Lipinski definition) is 3. The van der Waals surface area contributed by atoms with Crippen LogP contribution in [-0.4, -0.2) is 41.6 Å². The van der Waals surface area contributed by atoms with Gasteiger partial charge >= 0.3 is 0 Å². The molecule has 1 amide bonds. The highest BCUT2D eigenvalue weighted by molar-refractivity contribution is 14.1. The van der Waals surface area contributed by atoms with Gasteiger partial charge in [-0.2, -0.15) is 0 Å². The van der Waals surface area contributed by atoms with E-state index in [2.05, 4.69) is 5.32 Å². The largest absolute Gasteiger partial charge is 0.507 e. The second kappa shape index (κ2) is 5.22. The minimum atomic E-state index is -0.00861. The van der Waals surface area contributed by atoms with Crippen LogP contribution in [0.5, 0.6) is 5.75 Å². The first-order valence-corrected chi connectivity index (χ1v) is 6.71. The molecule has 0 saturated carbocycles. The van der Waals surface area contributed by atoms with Gasteiger partial charge in [0.1, 0.15) is 5.75 Å². The van der Waals surface area contributed by atoms with E-state index in [4.69, 9.17) is 0 Å². The lowest BCUT2D eigenvalue weighted by atomic mass is 10.1. The molecule has 1 aromatic carbocycles. The Labute approximate surface area is 114 Å². The van der Waals surface area contributed by atoms with E-state index in [0.29, 0.717) is 12.1 Å². The van der Waals surface area contributed by atoms with Crippen molar-refractivity contribution in [2.45, 2.75) is 13.0 Å². The lowest BCUT2D eigenvalue weighted by molar-refractivity contribution is 0.0630. The van der Waals surface area contributed by atoms with Crippen LogP contribution in [0.25, 0.3) is 0 Å². The molecule has 1 aromatic rings. The van der Waals surface area contributed by atoms with Crippen molar-refractivity contribution >= 4 is 28.5 Å². The van der Waals surface area contributed by atoms with Crippen molar-refractivity contribution in [3.63, 3.8) is 0 Å². The summed E-state index contributed by atoms with van der Waals surface area (Å²) in [6.07, 6.45) is 0. The summed E-state index contributed by atoms with van der Waals surface area (Å²) < 4.78 is 0.757. The van der Waals surface area contributed by atoms with Gasteiger partial charge in [-0.15, -0.1) is 0 Å². The van der Waals surface area contributed by atoms with Crippen molar-refractivity contribution in [3.8, 4) is 5.75 Å². The highest BCUT2D eigenvalue weighted by Crippen LogP contribution is 2.22. The molecule has 1 aliphatic heterocycles. The fourth-order valence-electron chi connectivity index (χ4n) is 1.87. The number of rotatable bonds is 3. The summed E-state index contributed by atoms with van der Waals surface area (Å²) in [7, 11) is 0. The predicted octanol–water partition coefficient (Wildman–Crippen LogP) is 1.43. The number of carbonyl (C=O) groups is 1. The fraction of sp³-hybridized carbons (Fsp3) is 0.417. The third kappa shape index (κ3) is 2.55. The first kappa shape index (κ1) is 12.6. The van der Waals surface area contributed by atoms with Crippen molar-refractivity contribution in [2.24, 2.45) is 0 Å². The Morgan fingerprint density at radius 2 is 2.29 bits per heavy atom. The van der Waals surface area contributed by atoms with Crippen LogP contribution < -0.4 is 5.32 Å². The highest BCUT2D eigenvalue weighted by Gasteiger charge is 2.28. The molecule has 0 aliphatic carbocycles. The average molecular weight is 346 g/mol. The Balaban J connectivity index is 2.19. The van der Waals surface area contributed by atoms with E-state index in [-0.39, 0.29) is 17.7 Å². The van der Waals surface area contributed by atoms with Gasteiger partial charge < -0.3 is 15.3 Å². The molecule has 0 radical (unpaired) electrons. The number of phenolic OH excluding ortho intramolecular Hbond substituents is 1. The second-order valence-electron chi connectivity index (χ2n) is 4.07. The topological polar surface area (TPSA) is 52.6 Å². The van der Waals surface area contributed by atoms with Crippen LogP contribution in [0, 0.1) is 3.57 Å². The van der Waals surface area contributed by atoms with Gasteiger partial charge in [-0.05, 0) is 47.7 Å². The zero-order chi connectivity index (χ0) is 12.4. The Hall–Kier alpha value is -0.820. The van der Waals surface area contributed by atoms with E-state index in [1.165, 1.54) is 0 Å². The lowest BCUT2D eigenvalue weighted by Crippen LogP contribution is -2.58. The summed E-state index contributed by atoms with van der Waals surface area (Å²) in [5.41, 5.74) is 0.552. The number of benzene rings is 1. The van der Waals surface area contributed by atoms with Gasteiger partial charge in [-0.3, -0.25) is 4.79 Å². The fourth-order valence-corrected chi connectivity index (χ4v) is 2.21. The summed E-state index contributed by atoms with van der Waals surface area (Å²) in [6.45, 7) is 4.38. The molecule has 0 aromatic heterocycles. The standard InChI is InChI=1S/C12H15IN2O2/c1-2-15(9-6-14-7-9)12(17)8-3-4-10(13)11(16)5-8/h3-5,9,14,16H,2,6-7H2,1H3. The number of amides is 1. The molecule has 1 fully saturated rings. The maximum atomic E-state index is 12.3.